The second-order valence-electron chi connectivity index (χ2n) is 6.17. The van der Waals surface area contributed by atoms with E-state index in [-0.39, 0.29) is 5.97 Å². The maximum atomic E-state index is 11.5. The number of esters is 1. The number of para-hydroxylation sites is 1. The smallest absolute Gasteiger partial charge is 0.308 e. The fourth-order valence-electron chi connectivity index (χ4n) is 2.97. The lowest BCUT2D eigenvalue weighted by atomic mass is 10.0. The van der Waals surface area contributed by atoms with Crippen LogP contribution in [0.1, 0.15) is 31.9 Å². The molecule has 3 rings (SSSR count). The van der Waals surface area contributed by atoms with Crippen molar-refractivity contribution in [3.63, 3.8) is 0 Å². The molecule has 1 aromatic heterocycles. The van der Waals surface area contributed by atoms with Crippen LogP contribution in [0.4, 0.5) is 0 Å². The van der Waals surface area contributed by atoms with E-state index >= 15 is 0 Å². The largest absolute Gasteiger partial charge is 0.426 e. The number of carbonyl (C=O) groups excluding carboxylic acids is 1. The molecule has 1 N–H and O–H groups in total. The van der Waals surface area contributed by atoms with Crippen molar-refractivity contribution in [2.75, 3.05) is 0 Å². The Kier molecular flexibility index (Phi) is 3.95. The highest BCUT2D eigenvalue weighted by Gasteiger charge is 2.16. The van der Waals surface area contributed by atoms with E-state index in [1.807, 2.05) is 19.1 Å². The standard InChI is InChI=1S/C20H21NO2/c1-12(2)9-10-16-19-17(11-13(3)20(16)23-14(4)22)15-7-5-6-8-18(15)21-19/h5-9,11,21H,10H2,1-4H3. The first-order valence-corrected chi connectivity index (χ1v) is 7.82. The molecule has 0 atom stereocenters. The van der Waals surface area contributed by atoms with Crippen LogP contribution in [0, 0.1) is 6.92 Å². The van der Waals surface area contributed by atoms with Crippen molar-refractivity contribution in [2.45, 2.75) is 34.1 Å². The van der Waals surface area contributed by atoms with Crippen LogP contribution < -0.4 is 4.74 Å². The Hall–Kier alpha value is -2.55. The Morgan fingerprint density at radius 1 is 1.17 bits per heavy atom. The molecule has 3 nitrogen and oxygen atoms in total. The summed E-state index contributed by atoms with van der Waals surface area (Å²) in [6.07, 6.45) is 2.89. The van der Waals surface area contributed by atoms with Gasteiger partial charge in [0.25, 0.3) is 0 Å². The molecule has 3 aromatic rings. The lowest BCUT2D eigenvalue weighted by Crippen LogP contribution is -2.06. The predicted molar refractivity (Wildman–Crippen MR) is 95.0 cm³/mol. The minimum absolute atomic E-state index is 0.290. The number of benzene rings is 2. The summed E-state index contributed by atoms with van der Waals surface area (Å²) in [5.41, 5.74) is 5.40. The van der Waals surface area contributed by atoms with Gasteiger partial charge in [0, 0.05) is 28.8 Å². The van der Waals surface area contributed by atoms with Gasteiger partial charge in [-0.25, -0.2) is 0 Å². The van der Waals surface area contributed by atoms with Crippen molar-refractivity contribution in [3.05, 3.63) is 53.1 Å². The summed E-state index contributed by atoms with van der Waals surface area (Å²) >= 11 is 0. The fourth-order valence-corrected chi connectivity index (χ4v) is 2.97. The van der Waals surface area contributed by atoms with Crippen molar-refractivity contribution in [1.82, 2.24) is 4.98 Å². The van der Waals surface area contributed by atoms with Gasteiger partial charge in [0.05, 0.1) is 5.52 Å². The zero-order valence-corrected chi connectivity index (χ0v) is 14.0. The summed E-state index contributed by atoms with van der Waals surface area (Å²) in [4.78, 5) is 15.0. The van der Waals surface area contributed by atoms with E-state index in [2.05, 4.69) is 43.1 Å². The van der Waals surface area contributed by atoms with Gasteiger partial charge < -0.3 is 9.72 Å². The second kappa shape index (κ2) is 5.92. The third-order valence-electron chi connectivity index (χ3n) is 4.00. The van der Waals surface area contributed by atoms with Crippen LogP contribution in [0.5, 0.6) is 5.75 Å². The molecule has 0 radical (unpaired) electrons. The lowest BCUT2D eigenvalue weighted by molar-refractivity contribution is -0.131. The number of hydrogen-bond acceptors (Lipinski definition) is 2. The van der Waals surface area contributed by atoms with Gasteiger partial charge in [0.15, 0.2) is 0 Å². The molecule has 118 valence electrons. The molecule has 23 heavy (non-hydrogen) atoms. The molecule has 0 bridgehead atoms. The van der Waals surface area contributed by atoms with Gasteiger partial charge in [0.1, 0.15) is 5.75 Å². The molecule has 3 heteroatoms. The highest BCUT2D eigenvalue weighted by atomic mass is 16.5. The van der Waals surface area contributed by atoms with Gasteiger partial charge in [-0.05, 0) is 44.9 Å². The summed E-state index contributed by atoms with van der Waals surface area (Å²) in [7, 11) is 0. The molecular weight excluding hydrogens is 286 g/mol. The third-order valence-corrected chi connectivity index (χ3v) is 4.00. The number of hydrogen-bond donors (Lipinski definition) is 1. The summed E-state index contributed by atoms with van der Waals surface area (Å²) in [5, 5.41) is 2.37. The average Bonchev–Trinajstić information content (AvgIpc) is 2.85. The predicted octanol–water partition coefficient (Wildman–Crippen LogP) is 5.06. The zero-order chi connectivity index (χ0) is 16.6. The lowest BCUT2D eigenvalue weighted by Gasteiger charge is -2.12. The molecule has 0 aliphatic carbocycles. The van der Waals surface area contributed by atoms with Crippen molar-refractivity contribution in [1.29, 1.82) is 0 Å². The Balaban J connectivity index is 2.34. The van der Waals surface area contributed by atoms with Crippen LogP contribution in [-0.2, 0) is 11.2 Å². The van der Waals surface area contributed by atoms with Crippen LogP contribution >= 0.6 is 0 Å². The Morgan fingerprint density at radius 3 is 2.61 bits per heavy atom. The Labute approximate surface area is 136 Å². The summed E-state index contributed by atoms with van der Waals surface area (Å²) < 4.78 is 5.52. The molecule has 2 aromatic carbocycles. The van der Waals surface area contributed by atoms with Gasteiger partial charge >= 0.3 is 5.97 Å². The zero-order valence-electron chi connectivity index (χ0n) is 14.0. The monoisotopic (exact) mass is 307 g/mol. The molecule has 0 fully saturated rings. The molecule has 0 unspecified atom stereocenters. The van der Waals surface area contributed by atoms with E-state index in [1.54, 1.807) is 0 Å². The van der Waals surface area contributed by atoms with Crippen LogP contribution in [0.2, 0.25) is 0 Å². The number of H-pyrrole nitrogens is 1. The van der Waals surface area contributed by atoms with Crippen molar-refractivity contribution in [3.8, 4) is 5.75 Å². The van der Waals surface area contributed by atoms with Crippen molar-refractivity contribution >= 4 is 27.8 Å². The van der Waals surface area contributed by atoms with Crippen molar-refractivity contribution < 1.29 is 9.53 Å². The van der Waals surface area contributed by atoms with E-state index in [0.29, 0.717) is 5.75 Å². The van der Waals surface area contributed by atoms with Crippen molar-refractivity contribution in [2.24, 2.45) is 0 Å². The quantitative estimate of drug-likeness (QED) is 0.417. The fraction of sp³-hybridized carbons (Fsp3) is 0.250. The number of ether oxygens (including phenoxy) is 1. The minimum Gasteiger partial charge on any atom is -0.426 e. The molecule has 0 aliphatic rings. The molecule has 0 spiro atoms. The number of aryl methyl sites for hydroxylation is 1. The first-order chi connectivity index (χ1) is 11.0. The van der Waals surface area contributed by atoms with Gasteiger partial charge in [0.2, 0.25) is 0 Å². The van der Waals surface area contributed by atoms with E-state index < -0.39 is 0 Å². The molecular formula is C20H21NO2. The van der Waals surface area contributed by atoms with E-state index in [9.17, 15) is 4.79 Å². The Bertz CT molecular complexity index is 928. The number of carbonyl (C=O) groups is 1. The van der Waals surface area contributed by atoms with Crippen LogP contribution in [-0.4, -0.2) is 11.0 Å². The Morgan fingerprint density at radius 2 is 1.91 bits per heavy atom. The van der Waals surface area contributed by atoms with Crippen LogP contribution in [0.25, 0.3) is 21.8 Å². The van der Waals surface area contributed by atoms with Crippen LogP contribution in [0.15, 0.2) is 42.0 Å². The number of fused-ring (bicyclic) bond motifs is 3. The average molecular weight is 307 g/mol. The number of allylic oxidation sites excluding steroid dienone is 2. The highest BCUT2D eigenvalue weighted by Crippen LogP contribution is 2.36. The second-order valence-corrected chi connectivity index (χ2v) is 6.17. The van der Waals surface area contributed by atoms with Gasteiger partial charge in [-0.2, -0.15) is 0 Å². The number of nitrogens with one attached hydrogen (secondary N) is 1. The maximum absolute atomic E-state index is 11.5. The molecule has 0 amide bonds. The van der Waals surface area contributed by atoms with Gasteiger partial charge in [-0.1, -0.05) is 29.8 Å². The summed E-state index contributed by atoms with van der Waals surface area (Å²) in [6.45, 7) is 7.58. The molecule has 0 saturated heterocycles. The van der Waals surface area contributed by atoms with E-state index in [1.165, 1.54) is 23.3 Å². The number of aromatic nitrogens is 1. The minimum atomic E-state index is -0.290. The highest BCUT2D eigenvalue weighted by molar-refractivity contribution is 6.09. The molecule has 0 aliphatic heterocycles. The number of aromatic amines is 1. The summed E-state index contributed by atoms with van der Waals surface area (Å²) in [5.74, 6) is 0.385. The molecule has 0 saturated carbocycles. The number of rotatable bonds is 3. The first-order valence-electron chi connectivity index (χ1n) is 7.82. The van der Waals surface area contributed by atoms with Gasteiger partial charge in [-0.3, -0.25) is 4.79 Å². The van der Waals surface area contributed by atoms with Crippen LogP contribution in [0.3, 0.4) is 0 Å². The summed E-state index contributed by atoms with van der Waals surface area (Å²) in [6, 6.07) is 10.3. The van der Waals surface area contributed by atoms with E-state index in [4.69, 9.17) is 4.74 Å². The normalized spacial score (nSPS) is 11.0. The van der Waals surface area contributed by atoms with E-state index in [0.717, 1.165) is 28.6 Å². The maximum Gasteiger partial charge on any atom is 0.308 e. The van der Waals surface area contributed by atoms with Gasteiger partial charge in [-0.15, -0.1) is 0 Å². The topological polar surface area (TPSA) is 42.1 Å². The molecule has 1 heterocycles. The third kappa shape index (κ3) is 2.87. The SMILES string of the molecule is CC(=O)Oc1c(C)cc2c([nH]c3ccccc32)c1CC=C(C)C. The first kappa shape index (κ1) is 15.3.